The number of carboxylic acids is 1. The maximum Gasteiger partial charge on any atom is 0.335 e. The van der Waals surface area contributed by atoms with Crippen LogP contribution in [-0.2, 0) is 9.53 Å². The number of ether oxygens (including phenoxy) is 1. The first-order chi connectivity index (χ1) is 15.9. The third-order valence-corrected chi connectivity index (χ3v) is 7.27. The van der Waals surface area contributed by atoms with E-state index in [0.717, 1.165) is 51.6 Å². The van der Waals surface area contributed by atoms with Gasteiger partial charge in [-0.25, -0.2) is 9.18 Å². The molecule has 1 aliphatic carbocycles. The molecular formula is C25H24FN3O4. The number of aromatic nitrogens is 3. The Morgan fingerprint density at radius 1 is 1.15 bits per heavy atom. The molecule has 3 heterocycles. The van der Waals surface area contributed by atoms with E-state index >= 15 is 0 Å². The van der Waals surface area contributed by atoms with Gasteiger partial charge in [0.2, 0.25) is 0 Å². The van der Waals surface area contributed by atoms with Gasteiger partial charge in [-0.05, 0) is 73.6 Å². The van der Waals surface area contributed by atoms with E-state index < -0.39 is 11.6 Å². The summed E-state index contributed by atoms with van der Waals surface area (Å²) in [7, 11) is 0. The second-order valence-electron chi connectivity index (χ2n) is 9.27. The number of halogens is 1. The summed E-state index contributed by atoms with van der Waals surface area (Å²) in [6.07, 6.45) is 3.81. The molecule has 0 atom stereocenters. The monoisotopic (exact) mass is 449 g/mol. The Kier molecular flexibility index (Phi) is 4.57. The van der Waals surface area contributed by atoms with Crippen molar-refractivity contribution in [3.8, 4) is 5.69 Å². The second kappa shape index (κ2) is 7.40. The Balaban J connectivity index is 1.64. The molecule has 2 aromatic heterocycles. The number of nitrogens with one attached hydrogen (secondary N) is 1. The van der Waals surface area contributed by atoms with Gasteiger partial charge in [0.25, 0.3) is 0 Å². The van der Waals surface area contributed by atoms with Crippen molar-refractivity contribution in [2.45, 2.75) is 43.1 Å². The van der Waals surface area contributed by atoms with E-state index in [1.54, 1.807) is 18.3 Å². The lowest BCUT2D eigenvalue weighted by Crippen LogP contribution is -2.49. The fraction of sp³-hybridized carbons (Fsp3) is 0.360. The SMILES string of the molecule is O=C(O)[C@]1(O)C[C@@H](c2c(C3CCOCC3)n(-c3ccc(F)cc3)c3cc4cn[nH]c4cc32)C1. The van der Waals surface area contributed by atoms with Gasteiger partial charge >= 0.3 is 5.97 Å². The lowest BCUT2D eigenvalue weighted by Gasteiger charge is -2.41. The number of fused-ring (bicyclic) bond motifs is 2. The van der Waals surface area contributed by atoms with E-state index in [-0.39, 0.29) is 30.5 Å². The normalized spacial score (nSPS) is 23.8. The predicted octanol–water partition coefficient (Wildman–Crippen LogP) is 4.23. The van der Waals surface area contributed by atoms with Gasteiger partial charge in [0.1, 0.15) is 5.82 Å². The number of aliphatic hydroxyl groups is 1. The summed E-state index contributed by atoms with van der Waals surface area (Å²) in [5.74, 6) is -1.36. The fourth-order valence-electron chi connectivity index (χ4n) is 5.57. The Morgan fingerprint density at radius 3 is 2.58 bits per heavy atom. The van der Waals surface area contributed by atoms with E-state index in [9.17, 15) is 19.4 Å². The van der Waals surface area contributed by atoms with Crippen molar-refractivity contribution in [2.75, 3.05) is 13.2 Å². The fourth-order valence-corrected chi connectivity index (χ4v) is 5.57. The number of aromatic amines is 1. The Morgan fingerprint density at radius 2 is 1.88 bits per heavy atom. The molecule has 1 aliphatic heterocycles. The van der Waals surface area contributed by atoms with E-state index in [1.165, 1.54) is 12.1 Å². The van der Waals surface area contributed by atoms with Crippen LogP contribution in [0.3, 0.4) is 0 Å². The minimum atomic E-state index is -1.69. The molecule has 2 aliphatic rings. The average Bonchev–Trinajstić information content (AvgIpc) is 3.38. The zero-order chi connectivity index (χ0) is 22.7. The van der Waals surface area contributed by atoms with Gasteiger partial charge in [-0.15, -0.1) is 0 Å². The van der Waals surface area contributed by atoms with Crippen LogP contribution in [0.5, 0.6) is 0 Å². The largest absolute Gasteiger partial charge is 0.479 e. The van der Waals surface area contributed by atoms with Gasteiger partial charge < -0.3 is 19.5 Å². The summed E-state index contributed by atoms with van der Waals surface area (Å²) in [6.45, 7) is 1.31. The summed E-state index contributed by atoms with van der Waals surface area (Å²) < 4.78 is 21.6. The highest BCUT2D eigenvalue weighted by molar-refractivity contribution is 5.99. The highest BCUT2D eigenvalue weighted by Gasteiger charge is 2.51. The van der Waals surface area contributed by atoms with Crippen molar-refractivity contribution >= 4 is 27.8 Å². The number of H-pyrrole nitrogens is 1. The molecule has 33 heavy (non-hydrogen) atoms. The molecular weight excluding hydrogens is 425 g/mol. The number of hydrogen-bond acceptors (Lipinski definition) is 4. The van der Waals surface area contributed by atoms with E-state index in [4.69, 9.17) is 4.74 Å². The van der Waals surface area contributed by atoms with Crippen LogP contribution in [-0.4, -0.2) is 49.8 Å². The third kappa shape index (κ3) is 3.16. The first kappa shape index (κ1) is 20.4. The number of nitrogens with zero attached hydrogens (tertiary/aromatic N) is 2. The van der Waals surface area contributed by atoms with Crippen molar-refractivity contribution in [3.63, 3.8) is 0 Å². The van der Waals surface area contributed by atoms with Crippen molar-refractivity contribution in [2.24, 2.45) is 0 Å². The predicted molar refractivity (Wildman–Crippen MR) is 120 cm³/mol. The number of carboxylic acid groups (broad SMARTS) is 1. The van der Waals surface area contributed by atoms with Crippen LogP contribution in [0, 0.1) is 5.82 Å². The molecule has 170 valence electrons. The van der Waals surface area contributed by atoms with Crippen LogP contribution in [0.15, 0.2) is 42.6 Å². The topological polar surface area (TPSA) is 100 Å². The summed E-state index contributed by atoms with van der Waals surface area (Å²) >= 11 is 0. The molecule has 8 heteroatoms. The smallest absolute Gasteiger partial charge is 0.335 e. The number of aliphatic carboxylic acids is 1. The first-order valence-electron chi connectivity index (χ1n) is 11.3. The molecule has 6 rings (SSSR count). The zero-order valence-electron chi connectivity index (χ0n) is 17.9. The van der Waals surface area contributed by atoms with E-state index in [1.807, 2.05) is 0 Å². The van der Waals surface area contributed by atoms with Gasteiger partial charge in [0, 0.05) is 41.3 Å². The maximum atomic E-state index is 13.8. The van der Waals surface area contributed by atoms with E-state index in [0.29, 0.717) is 13.2 Å². The first-order valence-corrected chi connectivity index (χ1v) is 11.3. The molecule has 7 nitrogen and oxygen atoms in total. The lowest BCUT2D eigenvalue weighted by molar-refractivity contribution is -0.169. The Labute approximate surface area is 188 Å². The Bertz CT molecular complexity index is 1360. The van der Waals surface area contributed by atoms with Crippen LogP contribution in [0.4, 0.5) is 4.39 Å². The minimum absolute atomic E-state index is 0.0893. The molecule has 0 bridgehead atoms. The zero-order valence-corrected chi connectivity index (χ0v) is 17.9. The number of benzene rings is 2. The quantitative estimate of drug-likeness (QED) is 0.433. The molecule has 0 spiro atoms. The molecule has 0 amide bonds. The van der Waals surface area contributed by atoms with Crippen molar-refractivity contribution in [3.05, 3.63) is 59.7 Å². The Hall–Kier alpha value is -3.23. The van der Waals surface area contributed by atoms with Crippen LogP contribution in [0.1, 0.15) is 48.8 Å². The maximum absolute atomic E-state index is 13.8. The highest BCUT2D eigenvalue weighted by Crippen LogP contribution is 2.52. The minimum Gasteiger partial charge on any atom is -0.479 e. The summed E-state index contributed by atoms with van der Waals surface area (Å²) in [5, 5.41) is 29.2. The van der Waals surface area contributed by atoms with Crippen LogP contribution in [0.25, 0.3) is 27.5 Å². The second-order valence-corrected chi connectivity index (χ2v) is 9.27. The van der Waals surface area contributed by atoms with Gasteiger partial charge in [-0.1, -0.05) is 0 Å². The van der Waals surface area contributed by atoms with Gasteiger partial charge in [0.05, 0.1) is 17.2 Å². The van der Waals surface area contributed by atoms with Gasteiger partial charge in [-0.2, -0.15) is 5.10 Å². The molecule has 0 radical (unpaired) electrons. The molecule has 1 saturated carbocycles. The van der Waals surface area contributed by atoms with E-state index in [2.05, 4.69) is 26.9 Å². The summed E-state index contributed by atoms with van der Waals surface area (Å²) in [6, 6.07) is 10.6. The summed E-state index contributed by atoms with van der Waals surface area (Å²) in [4.78, 5) is 11.6. The molecule has 0 unspecified atom stereocenters. The summed E-state index contributed by atoms with van der Waals surface area (Å²) in [5.41, 5.74) is 3.20. The van der Waals surface area contributed by atoms with Crippen molar-refractivity contribution in [1.29, 1.82) is 0 Å². The van der Waals surface area contributed by atoms with Crippen LogP contribution < -0.4 is 0 Å². The third-order valence-electron chi connectivity index (χ3n) is 7.27. The van der Waals surface area contributed by atoms with Crippen LogP contribution in [0.2, 0.25) is 0 Å². The molecule has 2 aromatic carbocycles. The number of hydrogen-bond donors (Lipinski definition) is 3. The molecule has 2 fully saturated rings. The van der Waals surface area contributed by atoms with Gasteiger partial charge in [-0.3, -0.25) is 5.10 Å². The molecule has 1 saturated heterocycles. The van der Waals surface area contributed by atoms with Gasteiger partial charge in [0.15, 0.2) is 5.60 Å². The lowest BCUT2D eigenvalue weighted by atomic mass is 9.66. The number of rotatable bonds is 4. The van der Waals surface area contributed by atoms with Crippen LogP contribution >= 0.6 is 0 Å². The van der Waals surface area contributed by atoms with Crippen molar-refractivity contribution < 1.29 is 24.1 Å². The van der Waals surface area contributed by atoms with Crippen molar-refractivity contribution in [1.82, 2.24) is 14.8 Å². The molecule has 4 aromatic rings. The average molecular weight is 449 g/mol. The standard InChI is InChI=1S/C25H24FN3O4/c26-17-1-3-18(4-2-17)29-21-9-15-13-27-28-20(15)10-19(21)22(16-11-25(32,12-16)24(30)31)23(29)14-5-7-33-8-6-14/h1-4,9-10,13-14,16,32H,5-8,11-12H2,(H,27,28)(H,30,31)/t16-,25+. The number of carbonyl (C=O) groups is 1. The highest BCUT2D eigenvalue weighted by atomic mass is 19.1. The molecule has 3 N–H and O–H groups in total.